The Morgan fingerprint density at radius 1 is 1.55 bits per heavy atom. The summed E-state index contributed by atoms with van der Waals surface area (Å²) in [6.45, 7) is 5.32. The SMILES string of the molecule is CC(C)C(O)CNC/C=C/Cl. The highest BCUT2D eigenvalue weighted by atomic mass is 35.5. The van der Waals surface area contributed by atoms with E-state index >= 15 is 0 Å². The Kier molecular flexibility index (Phi) is 6.62. The van der Waals surface area contributed by atoms with Crippen LogP contribution < -0.4 is 5.32 Å². The number of aliphatic hydroxyl groups excluding tert-OH is 1. The molecular weight excluding hydrogens is 162 g/mol. The molecule has 0 fully saturated rings. The molecule has 1 atom stereocenters. The van der Waals surface area contributed by atoms with Gasteiger partial charge in [-0.3, -0.25) is 0 Å². The van der Waals surface area contributed by atoms with Crippen LogP contribution in [0, 0.1) is 5.92 Å². The molecule has 0 heterocycles. The highest BCUT2D eigenvalue weighted by Crippen LogP contribution is 1.98. The highest BCUT2D eigenvalue weighted by Gasteiger charge is 2.06. The van der Waals surface area contributed by atoms with Gasteiger partial charge in [-0.05, 0) is 5.92 Å². The average molecular weight is 178 g/mol. The Bertz CT molecular complexity index is 115. The zero-order valence-corrected chi connectivity index (χ0v) is 7.80. The Balaban J connectivity index is 3.24. The third kappa shape index (κ3) is 6.35. The fraction of sp³-hybridized carbons (Fsp3) is 0.750. The summed E-state index contributed by atoms with van der Waals surface area (Å²) in [5.74, 6) is 0.308. The van der Waals surface area contributed by atoms with Crippen molar-refractivity contribution in [2.45, 2.75) is 20.0 Å². The van der Waals surface area contributed by atoms with E-state index in [1.165, 1.54) is 5.54 Å². The second-order valence-corrected chi connectivity index (χ2v) is 3.08. The summed E-state index contributed by atoms with van der Waals surface area (Å²) in [7, 11) is 0. The number of hydrogen-bond acceptors (Lipinski definition) is 2. The third-order valence-electron chi connectivity index (χ3n) is 1.47. The van der Waals surface area contributed by atoms with E-state index in [9.17, 15) is 5.11 Å². The monoisotopic (exact) mass is 177 g/mol. The molecule has 2 N–H and O–H groups in total. The van der Waals surface area contributed by atoms with Crippen LogP contribution in [0.2, 0.25) is 0 Å². The lowest BCUT2D eigenvalue weighted by molar-refractivity contribution is 0.125. The van der Waals surface area contributed by atoms with Gasteiger partial charge in [0.05, 0.1) is 6.10 Å². The molecule has 0 aromatic carbocycles. The summed E-state index contributed by atoms with van der Waals surface area (Å²) < 4.78 is 0. The Labute approximate surface area is 73.3 Å². The molecule has 3 heteroatoms. The van der Waals surface area contributed by atoms with Gasteiger partial charge in [0.1, 0.15) is 0 Å². The second kappa shape index (κ2) is 6.65. The molecule has 0 bridgehead atoms. The van der Waals surface area contributed by atoms with E-state index in [1.54, 1.807) is 6.08 Å². The summed E-state index contributed by atoms with van der Waals surface area (Å²) in [4.78, 5) is 0. The molecule has 0 aromatic rings. The van der Waals surface area contributed by atoms with Crippen molar-refractivity contribution in [2.75, 3.05) is 13.1 Å². The normalized spacial score (nSPS) is 14.6. The first-order chi connectivity index (χ1) is 5.18. The van der Waals surface area contributed by atoms with Crippen LogP contribution in [0.1, 0.15) is 13.8 Å². The van der Waals surface area contributed by atoms with E-state index in [4.69, 9.17) is 11.6 Å². The van der Waals surface area contributed by atoms with Gasteiger partial charge in [0.25, 0.3) is 0 Å². The summed E-state index contributed by atoms with van der Waals surface area (Å²) in [5, 5.41) is 12.4. The number of rotatable bonds is 5. The Morgan fingerprint density at radius 2 is 2.18 bits per heavy atom. The maximum Gasteiger partial charge on any atom is 0.0687 e. The molecule has 0 radical (unpaired) electrons. The van der Waals surface area contributed by atoms with Crippen LogP contribution in [-0.4, -0.2) is 24.3 Å². The molecule has 2 nitrogen and oxygen atoms in total. The highest BCUT2D eigenvalue weighted by molar-refractivity contribution is 6.25. The van der Waals surface area contributed by atoms with Crippen molar-refractivity contribution in [2.24, 2.45) is 5.92 Å². The molecule has 0 aromatic heterocycles. The van der Waals surface area contributed by atoms with Crippen molar-refractivity contribution < 1.29 is 5.11 Å². The smallest absolute Gasteiger partial charge is 0.0687 e. The summed E-state index contributed by atoms with van der Waals surface area (Å²) in [5.41, 5.74) is 1.47. The van der Waals surface area contributed by atoms with Crippen LogP contribution in [0.3, 0.4) is 0 Å². The molecule has 0 aliphatic rings. The van der Waals surface area contributed by atoms with Crippen LogP contribution in [-0.2, 0) is 0 Å². The maximum atomic E-state index is 9.31. The molecule has 0 spiro atoms. The zero-order valence-electron chi connectivity index (χ0n) is 7.05. The van der Waals surface area contributed by atoms with Gasteiger partial charge in [-0.2, -0.15) is 0 Å². The summed E-state index contributed by atoms with van der Waals surface area (Å²) in [6.07, 6.45) is 1.54. The van der Waals surface area contributed by atoms with Crippen LogP contribution in [0.25, 0.3) is 0 Å². The number of aliphatic hydroxyl groups is 1. The summed E-state index contributed by atoms with van der Waals surface area (Å²) >= 11 is 5.30. The minimum Gasteiger partial charge on any atom is -0.392 e. The molecule has 0 aliphatic carbocycles. The van der Waals surface area contributed by atoms with Crippen LogP contribution in [0.15, 0.2) is 11.6 Å². The van der Waals surface area contributed by atoms with E-state index in [1.807, 2.05) is 13.8 Å². The van der Waals surface area contributed by atoms with Crippen molar-refractivity contribution in [3.05, 3.63) is 11.6 Å². The molecule has 0 saturated carbocycles. The predicted octanol–water partition coefficient (Wildman–Crippen LogP) is 1.35. The predicted molar refractivity (Wildman–Crippen MR) is 48.7 cm³/mol. The van der Waals surface area contributed by atoms with Gasteiger partial charge in [0.2, 0.25) is 0 Å². The lowest BCUT2D eigenvalue weighted by Gasteiger charge is -2.13. The van der Waals surface area contributed by atoms with Gasteiger partial charge in [-0.1, -0.05) is 31.5 Å². The van der Waals surface area contributed by atoms with Crippen molar-refractivity contribution in [1.29, 1.82) is 0 Å². The number of hydrogen-bond donors (Lipinski definition) is 2. The molecule has 0 amide bonds. The van der Waals surface area contributed by atoms with Gasteiger partial charge < -0.3 is 10.4 Å². The van der Waals surface area contributed by atoms with Crippen LogP contribution in [0.4, 0.5) is 0 Å². The quantitative estimate of drug-likeness (QED) is 0.622. The van der Waals surface area contributed by atoms with Crippen molar-refractivity contribution in [3.8, 4) is 0 Å². The van der Waals surface area contributed by atoms with Gasteiger partial charge in [-0.15, -0.1) is 0 Å². The first-order valence-electron chi connectivity index (χ1n) is 3.82. The van der Waals surface area contributed by atoms with Crippen LogP contribution in [0.5, 0.6) is 0 Å². The fourth-order valence-electron chi connectivity index (χ4n) is 0.595. The largest absolute Gasteiger partial charge is 0.392 e. The van der Waals surface area contributed by atoms with E-state index in [0.717, 1.165) is 0 Å². The van der Waals surface area contributed by atoms with Crippen molar-refractivity contribution >= 4 is 11.6 Å². The standard InChI is InChI=1S/C8H16ClNO/c1-7(2)8(11)6-10-5-3-4-9/h3-4,7-8,10-11H,5-6H2,1-2H3/b4-3+. The third-order valence-corrected chi connectivity index (χ3v) is 1.65. The van der Waals surface area contributed by atoms with E-state index in [-0.39, 0.29) is 6.10 Å². The first kappa shape index (κ1) is 11.0. The first-order valence-corrected chi connectivity index (χ1v) is 4.26. The lowest BCUT2D eigenvalue weighted by atomic mass is 10.1. The van der Waals surface area contributed by atoms with Crippen LogP contribution >= 0.6 is 11.6 Å². The summed E-state index contributed by atoms with van der Waals surface area (Å²) in [6, 6.07) is 0. The van der Waals surface area contributed by atoms with Gasteiger partial charge in [0, 0.05) is 18.6 Å². The van der Waals surface area contributed by atoms with E-state index in [2.05, 4.69) is 5.32 Å². The molecule has 0 aliphatic heterocycles. The average Bonchev–Trinajstić information content (AvgIpc) is 1.97. The second-order valence-electron chi connectivity index (χ2n) is 2.83. The molecule has 11 heavy (non-hydrogen) atoms. The van der Waals surface area contributed by atoms with E-state index in [0.29, 0.717) is 19.0 Å². The lowest BCUT2D eigenvalue weighted by Crippen LogP contribution is -2.30. The minimum atomic E-state index is -0.265. The van der Waals surface area contributed by atoms with Gasteiger partial charge in [-0.25, -0.2) is 0 Å². The minimum absolute atomic E-state index is 0.265. The number of nitrogens with one attached hydrogen (secondary N) is 1. The van der Waals surface area contributed by atoms with Gasteiger partial charge in [0.15, 0.2) is 0 Å². The van der Waals surface area contributed by atoms with E-state index < -0.39 is 0 Å². The Hall–Kier alpha value is -0.0500. The molecule has 66 valence electrons. The number of halogens is 1. The topological polar surface area (TPSA) is 32.3 Å². The van der Waals surface area contributed by atoms with Crippen molar-refractivity contribution in [3.63, 3.8) is 0 Å². The molecule has 0 saturated heterocycles. The fourth-order valence-corrected chi connectivity index (χ4v) is 0.684. The molecule has 0 rings (SSSR count). The zero-order chi connectivity index (χ0) is 8.69. The molecule has 1 unspecified atom stereocenters. The van der Waals surface area contributed by atoms with Gasteiger partial charge >= 0.3 is 0 Å². The maximum absolute atomic E-state index is 9.31. The van der Waals surface area contributed by atoms with Crippen molar-refractivity contribution in [1.82, 2.24) is 5.32 Å². The molecular formula is C8H16ClNO. The Morgan fingerprint density at radius 3 is 2.64 bits per heavy atom.